The number of nitrogens with zero attached hydrogens (tertiary/aromatic N) is 6. The topological polar surface area (TPSA) is 117 Å². The van der Waals surface area contributed by atoms with Crippen LogP contribution >= 0.6 is 0 Å². The Labute approximate surface area is 203 Å². The van der Waals surface area contributed by atoms with Crippen molar-refractivity contribution in [2.24, 2.45) is 0 Å². The number of nitrogens with one attached hydrogen (secondary N) is 1. The largest absolute Gasteiger partial charge is 0.413 e. The minimum atomic E-state index is -0.616. The van der Waals surface area contributed by atoms with Crippen molar-refractivity contribution in [1.82, 2.24) is 35.5 Å². The molecule has 1 amide bonds. The molecule has 2 unspecified atom stereocenters. The lowest BCUT2D eigenvalue weighted by molar-refractivity contribution is 0.0683. The number of tetrazole rings is 1. The molecule has 2 aromatic carbocycles. The van der Waals surface area contributed by atoms with E-state index in [-0.39, 0.29) is 12.1 Å². The highest BCUT2D eigenvalue weighted by molar-refractivity contribution is 5.74. The Morgan fingerprint density at radius 2 is 1.89 bits per heavy atom. The van der Waals surface area contributed by atoms with Crippen LogP contribution in [0.25, 0.3) is 16.8 Å². The van der Waals surface area contributed by atoms with Crippen LogP contribution < -0.4 is 10.1 Å². The first-order chi connectivity index (χ1) is 16.9. The van der Waals surface area contributed by atoms with Crippen molar-refractivity contribution in [1.29, 1.82) is 0 Å². The second-order valence-electron chi connectivity index (χ2n) is 8.01. The molecule has 1 N–H and O–H groups in total. The molecule has 0 aliphatic rings. The zero-order chi connectivity index (χ0) is 24.8. The van der Waals surface area contributed by atoms with Gasteiger partial charge in [-0.2, -0.15) is 4.68 Å². The van der Waals surface area contributed by atoms with E-state index in [0.717, 1.165) is 16.7 Å². The molecule has 10 nitrogen and oxygen atoms in total. The molecule has 0 aliphatic carbocycles. The van der Waals surface area contributed by atoms with Gasteiger partial charge in [-0.3, -0.25) is 9.97 Å². The normalized spacial score (nSPS) is 12.7. The summed E-state index contributed by atoms with van der Waals surface area (Å²) in [6, 6.07) is 13.1. The maximum atomic E-state index is 12.7. The fourth-order valence-electron chi connectivity index (χ4n) is 3.55. The minimum Gasteiger partial charge on any atom is -0.410 e. The quantitative estimate of drug-likeness (QED) is 0.401. The van der Waals surface area contributed by atoms with Crippen molar-refractivity contribution in [3.63, 3.8) is 0 Å². The molecule has 0 saturated carbocycles. The van der Waals surface area contributed by atoms with Crippen molar-refractivity contribution in [3.8, 4) is 22.6 Å². The molecule has 2 aromatic heterocycles. The van der Waals surface area contributed by atoms with E-state index in [1.165, 1.54) is 0 Å². The standard InChI is InChI=1S/C25H27N7O3/c1-5-34-18(4)24-29-30-31-32(24)21-12-20(19-8-6-16(2)7-9-19)13-22(14-21)35-25(33)28-17(3)23-15-26-10-11-27-23/h6-15,17-18H,5H2,1-4H3,(H,28,33). The smallest absolute Gasteiger partial charge is 0.410 e. The highest BCUT2D eigenvalue weighted by atomic mass is 16.6. The molecule has 180 valence electrons. The van der Waals surface area contributed by atoms with Gasteiger partial charge in [-0.25, -0.2) is 4.79 Å². The number of carbonyl (C=O) groups is 1. The van der Waals surface area contributed by atoms with Gasteiger partial charge in [0.1, 0.15) is 11.9 Å². The van der Waals surface area contributed by atoms with Crippen molar-refractivity contribution >= 4 is 6.09 Å². The Hall–Kier alpha value is -4.18. The molecule has 0 radical (unpaired) electrons. The molecule has 4 aromatic rings. The Bertz CT molecular complexity index is 1280. The summed E-state index contributed by atoms with van der Waals surface area (Å²) in [6.45, 7) is 8.15. The number of amides is 1. The Morgan fingerprint density at radius 3 is 2.60 bits per heavy atom. The van der Waals surface area contributed by atoms with E-state index in [0.29, 0.717) is 29.6 Å². The summed E-state index contributed by atoms with van der Waals surface area (Å²) in [6.07, 6.45) is 3.81. The van der Waals surface area contributed by atoms with Gasteiger partial charge >= 0.3 is 6.09 Å². The van der Waals surface area contributed by atoms with Crippen LogP contribution in [0.15, 0.2) is 61.1 Å². The summed E-state index contributed by atoms with van der Waals surface area (Å²) in [5.41, 5.74) is 4.22. The third-order valence-corrected chi connectivity index (χ3v) is 5.37. The lowest BCUT2D eigenvalue weighted by Crippen LogP contribution is -2.30. The van der Waals surface area contributed by atoms with Gasteiger partial charge in [-0.1, -0.05) is 29.8 Å². The number of rotatable bonds is 8. The number of aryl methyl sites for hydroxylation is 1. The molecule has 2 atom stereocenters. The lowest BCUT2D eigenvalue weighted by atomic mass is 10.0. The first kappa shape index (κ1) is 24.0. The summed E-state index contributed by atoms with van der Waals surface area (Å²) >= 11 is 0. The van der Waals surface area contributed by atoms with Gasteiger partial charge in [0, 0.05) is 25.1 Å². The number of hydrogen-bond acceptors (Lipinski definition) is 8. The number of aromatic nitrogens is 6. The molecule has 35 heavy (non-hydrogen) atoms. The van der Waals surface area contributed by atoms with Gasteiger partial charge in [-0.05, 0) is 61.4 Å². The summed E-state index contributed by atoms with van der Waals surface area (Å²) in [5, 5.41) is 14.9. The molecule has 10 heteroatoms. The van der Waals surface area contributed by atoms with E-state index < -0.39 is 6.09 Å². The summed E-state index contributed by atoms with van der Waals surface area (Å²) in [7, 11) is 0. The second kappa shape index (κ2) is 10.8. The number of benzene rings is 2. The zero-order valence-electron chi connectivity index (χ0n) is 20.0. The fourth-order valence-corrected chi connectivity index (χ4v) is 3.55. The summed E-state index contributed by atoms with van der Waals surface area (Å²) in [5.74, 6) is 0.881. The molecule has 0 bridgehead atoms. The SMILES string of the molecule is CCOC(C)c1nnnn1-c1cc(OC(=O)NC(C)c2cnccn2)cc(-c2ccc(C)cc2)c1. The van der Waals surface area contributed by atoms with Crippen molar-refractivity contribution in [3.05, 3.63) is 78.1 Å². The fraction of sp³-hybridized carbons (Fsp3) is 0.280. The Kier molecular flexibility index (Phi) is 7.41. The van der Waals surface area contributed by atoms with Gasteiger partial charge in [0.25, 0.3) is 0 Å². The maximum Gasteiger partial charge on any atom is 0.413 e. The van der Waals surface area contributed by atoms with E-state index in [2.05, 4.69) is 30.8 Å². The van der Waals surface area contributed by atoms with E-state index in [1.54, 1.807) is 35.4 Å². The average molecular weight is 474 g/mol. The highest BCUT2D eigenvalue weighted by Crippen LogP contribution is 2.29. The molecule has 0 spiro atoms. The first-order valence-electron chi connectivity index (χ1n) is 11.3. The van der Waals surface area contributed by atoms with Gasteiger partial charge in [0.15, 0.2) is 5.82 Å². The van der Waals surface area contributed by atoms with Crippen molar-refractivity contribution < 1.29 is 14.3 Å². The van der Waals surface area contributed by atoms with Crippen LogP contribution in [0.3, 0.4) is 0 Å². The number of ether oxygens (including phenoxy) is 2. The molecular formula is C25H27N7O3. The van der Waals surface area contributed by atoms with Gasteiger partial charge < -0.3 is 14.8 Å². The van der Waals surface area contributed by atoms with E-state index in [9.17, 15) is 4.79 Å². The second-order valence-corrected chi connectivity index (χ2v) is 8.01. The van der Waals surface area contributed by atoms with Crippen molar-refractivity contribution in [2.75, 3.05) is 6.61 Å². The molecular weight excluding hydrogens is 446 g/mol. The van der Waals surface area contributed by atoms with Crippen LogP contribution in [-0.2, 0) is 4.74 Å². The van der Waals surface area contributed by atoms with Crippen LogP contribution in [0.1, 0.15) is 50.0 Å². The average Bonchev–Trinajstić information content (AvgIpc) is 3.35. The monoisotopic (exact) mass is 473 g/mol. The van der Waals surface area contributed by atoms with Crippen molar-refractivity contribution in [2.45, 2.75) is 39.8 Å². The van der Waals surface area contributed by atoms with Crippen LogP contribution in [0.4, 0.5) is 4.79 Å². The third kappa shape index (κ3) is 5.85. The molecule has 0 saturated heterocycles. The molecule has 0 fully saturated rings. The van der Waals surface area contributed by atoms with Crippen LogP contribution in [0.5, 0.6) is 5.75 Å². The number of hydrogen-bond donors (Lipinski definition) is 1. The summed E-state index contributed by atoms with van der Waals surface area (Å²) < 4.78 is 12.9. The molecule has 4 rings (SSSR count). The van der Waals surface area contributed by atoms with Gasteiger partial charge in [-0.15, -0.1) is 5.10 Å². The summed E-state index contributed by atoms with van der Waals surface area (Å²) in [4.78, 5) is 21.0. The highest BCUT2D eigenvalue weighted by Gasteiger charge is 2.19. The molecule has 0 aliphatic heterocycles. The zero-order valence-corrected chi connectivity index (χ0v) is 20.0. The van der Waals surface area contributed by atoms with E-state index in [4.69, 9.17) is 9.47 Å². The van der Waals surface area contributed by atoms with E-state index in [1.807, 2.05) is 58.0 Å². The van der Waals surface area contributed by atoms with Gasteiger partial charge in [0.05, 0.1) is 23.6 Å². The number of carbonyl (C=O) groups excluding carboxylic acids is 1. The predicted molar refractivity (Wildman–Crippen MR) is 129 cm³/mol. The van der Waals surface area contributed by atoms with E-state index >= 15 is 0 Å². The van der Waals surface area contributed by atoms with Gasteiger partial charge in [0.2, 0.25) is 0 Å². The van der Waals surface area contributed by atoms with Crippen LogP contribution in [0, 0.1) is 6.92 Å². The van der Waals surface area contributed by atoms with Crippen LogP contribution in [-0.4, -0.2) is 42.9 Å². The maximum absolute atomic E-state index is 12.7. The Balaban J connectivity index is 1.66. The molecule has 2 heterocycles. The minimum absolute atomic E-state index is 0.321. The van der Waals surface area contributed by atoms with Crippen LogP contribution in [0.2, 0.25) is 0 Å². The lowest BCUT2D eigenvalue weighted by Gasteiger charge is -2.16. The third-order valence-electron chi connectivity index (χ3n) is 5.37. The Morgan fingerprint density at radius 1 is 1.09 bits per heavy atom. The first-order valence-corrected chi connectivity index (χ1v) is 11.3. The predicted octanol–water partition coefficient (Wildman–Crippen LogP) is 4.37.